The van der Waals surface area contributed by atoms with E-state index < -0.39 is 0 Å². The van der Waals surface area contributed by atoms with Crippen molar-refractivity contribution in [2.75, 3.05) is 5.32 Å². The van der Waals surface area contributed by atoms with E-state index in [1.54, 1.807) is 19.1 Å². The van der Waals surface area contributed by atoms with Crippen LogP contribution in [0.1, 0.15) is 35.2 Å². The summed E-state index contributed by atoms with van der Waals surface area (Å²) in [5.41, 5.74) is 3.93. The van der Waals surface area contributed by atoms with Crippen molar-refractivity contribution in [2.24, 2.45) is 0 Å². The van der Waals surface area contributed by atoms with Crippen molar-refractivity contribution >= 4 is 11.5 Å². The van der Waals surface area contributed by atoms with Crippen molar-refractivity contribution in [3.63, 3.8) is 0 Å². The molecule has 0 spiro atoms. The Morgan fingerprint density at radius 1 is 1.24 bits per heavy atom. The van der Waals surface area contributed by atoms with E-state index in [2.05, 4.69) is 16.4 Å². The summed E-state index contributed by atoms with van der Waals surface area (Å²) in [6.45, 7) is 1.72. The first kappa shape index (κ1) is 13.6. The molecule has 1 aromatic heterocycles. The monoisotopic (exact) mass is 281 g/mol. The molecule has 0 fully saturated rings. The molecule has 0 radical (unpaired) electrons. The first-order valence-corrected chi connectivity index (χ1v) is 7.13. The van der Waals surface area contributed by atoms with Crippen LogP contribution in [-0.4, -0.2) is 4.98 Å². The standard InChI is InChI=1S/C17H16FN3/c1-11-6-7-14(9-15(11)18)20-17-13(10-19)8-12-4-2-3-5-16(12)21-17/h6-9H,2-5H2,1H3,(H,20,21). The van der Waals surface area contributed by atoms with Crippen LogP contribution in [0.4, 0.5) is 15.9 Å². The first-order chi connectivity index (χ1) is 10.2. The Morgan fingerprint density at radius 2 is 2.05 bits per heavy atom. The molecule has 4 heteroatoms. The molecule has 0 saturated carbocycles. The largest absolute Gasteiger partial charge is 0.339 e. The van der Waals surface area contributed by atoms with Gasteiger partial charge in [-0.15, -0.1) is 0 Å². The Labute approximate surface area is 123 Å². The minimum absolute atomic E-state index is 0.267. The fourth-order valence-electron chi connectivity index (χ4n) is 2.62. The Balaban J connectivity index is 1.97. The number of halogens is 1. The topological polar surface area (TPSA) is 48.7 Å². The van der Waals surface area contributed by atoms with E-state index in [-0.39, 0.29) is 5.82 Å². The van der Waals surface area contributed by atoms with Gasteiger partial charge in [0.25, 0.3) is 0 Å². The lowest BCUT2D eigenvalue weighted by Crippen LogP contribution is -2.09. The summed E-state index contributed by atoms with van der Waals surface area (Å²) in [6, 6.07) is 9.02. The highest BCUT2D eigenvalue weighted by atomic mass is 19.1. The smallest absolute Gasteiger partial charge is 0.148 e. The lowest BCUT2D eigenvalue weighted by Gasteiger charge is -2.17. The predicted octanol–water partition coefficient (Wildman–Crippen LogP) is 4.02. The number of pyridine rings is 1. The molecule has 0 saturated heterocycles. The summed E-state index contributed by atoms with van der Waals surface area (Å²) < 4.78 is 13.6. The summed E-state index contributed by atoms with van der Waals surface area (Å²) in [7, 11) is 0. The molecule has 0 unspecified atom stereocenters. The molecule has 21 heavy (non-hydrogen) atoms. The number of anilines is 2. The van der Waals surface area contributed by atoms with Crippen molar-refractivity contribution in [3.05, 3.63) is 52.5 Å². The van der Waals surface area contributed by atoms with Crippen LogP contribution in [0.3, 0.4) is 0 Å². The van der Waals surface area contributed by atoms with Crippen LogP contribution >= 0.6 is 0 Å². The molecule has 1 aliphatic carbocycles. The first-order valence-electron chi connectivity index (χ1n) is 7.13. The Kier molecular flexibility index (Phi) is 3.57. The van der Waals surface area contributed by atoms with Crippen molar-refractivity contribution in [3.8, 4) is 6.07 Å². The van der Waals surface area contributed by atoms with Crippen LogP contribution in [-0.2, 0) is 12.8 Å². The highest BCUT2D eigenvalue weighted by Crippen LogP contribution is 2.26. The van der Waals surface area contributed by atoms with Crippen LogP contribution in [0.15, 0.2) is 24.3 Å². The second-order valence-corrected chi connectivity index (χ2v) is 5.40. The number of nitrogens with zero attached hydrogens (tertiary/aromatic N) is 2. The summed E-state index contributed by atoms with van der Waals surface area (Å²) in [5, 5.41) is 12.4. The Morgan fingerprint density at radius 3 is 2.81 bits per heavy atom. The average molecular weight is 281 g/mol. The van der Waals surface area contributed by atoms with E-state index >= 15 is 0 Å². The molecule has 0 aliphatic heterocycles. The molecule has 106 valence electrons. The summed E-state index contributed by atoms with van der Waals surface area (Å²) >= 11 is 0. The quantitative estimate of drug-likeness (QED) is 0.904. The molecule has 0 amide bonds. The number of hydrogen-bond donors (Lipinski definition) is 1. The van der Waals surface area contributed by atoms with Gasteiger partial charge in [-0.2, -0.15) is 5.26 Å². The van der Waals surface area contributed by atoms with E-state index in [1.807, 2.05) is 6.07 Å². The van der Waals surface area contributed by atoms with Gasteiger partial charge in [-0.3, -0.25) is 0 Å². The van der Waals surface area contributed by atoms with E-state index in [0.29, 0.717) is 22.6 Å². The van der Waals surface area contributed by atoms with Crippen molar-refractivity contribution in [1.29, 1.82) is 5.26 Å². The minimum atomic E-state index is -0.267. The van der Waals surface area contributed by atoms with E-state index in [0.717, 1.165) is 31.4 Å². The molecule has 1 N–H and O–H groups in total. The molecule has 1 aliphatic rings. The summed E-state index contributed by atoms with van der Waals surface area (Å²) in [5.74, 6) is 0.248. The number of rotatable bonds is 2. The van der Waals surface area contributed by atoms with Crippen LogP contribution in [0.5, 0.6) is 0 Å². The van der Waals surface area contributed by atoms with Gasteiger partial charge in [0.2, 0.25) is 0 Å². The maximum atomic E-state index is 13.6. The van der Waals surface area contributed by atoms with Gasteiger partial charge in [0.1, 0.15) is 17.7 Å². The summed E-state index contributed by atoms with van der Waals surface area (Å²) in [6.07, 6.45) is 4.20. The second-order valence-electron chi connectivity index (χ2n) is 5.40. The third-order valence-corrected chi connectivity index (χ3v) is 3.86. The molecule has 1 aromatic carbocycles. The molecule has 3 rings (SSSR count). The van der Waals surface area contributed by atoms with Crippen LogP contribution in [0.2, 0.25) is 0 Å². The third-order valence-electron chi connectivity index (χ3n) is 3.86. The van der Waals surface area contributed by atoms with E-state index in [4.69, 9.17) is 0 Å². The highest BCUT2D eigenvalue weighted by molar-refractivity contribution is 5.64. The van der Waals surface area contributed by atoms with Gasteiger partial charge in [0, 0.05) is 11.4 Å². The lowest BCUT2D eigenvalue weighted by molar-refractivity contribution is 0.619. The number of nitrogens with one attached hydrogen (secondary N) is 1. The number of fused-ring (bicyclic) bond motifs is 1. The van der Waals surface area contributed by atoms with Gasteiger partial charge in [0.15, 0.2) is 0 Å². The van der Waals surface area contributed by atoms with Gasteiger partial charge in [-0.05, 0) is 61.9 Å². The average Bonchev–Trinajstić information content (AvgIpc) is 2.50. The van der Waals surface area contributed by atoms with Crippen molar-refractivity contribution in [1.82, 2.24) is 4.98 Å². The van der Waals surface area contributed by atoms with Crippen molar-refractivity contribution < 1.29 is 4.39 Å². The van der Waals surface area contributed by atoms with E-state index in [1.165, 1.54) is 11.6 Å². The van der Waals surface area contributed by atoms with E-state index in [9.17, 15) is 9.65 Å². The zero-order valence-electron chi connectivity index (χ0n) is 11.9. The SMILES string of the molecule is Cc1ccc(Nc2nc3c(cc2C#N)CCCC3)cc1F. The predicted molar refractivity (Wildman–Crippen MR) is 80.0 cm³/mol. The third kappa shape index (κ3) is 2.73. The van der Waals surface area contributed by atoms with Crippen LogP contribution in [0, 0.1) is 24.1 Å². The molecule has 0 bridgehead atoms. The number of benzene rings is 1. The number of aryl methyl sites for hydroxylation is 3. The minimum Gasteiger partial charge on any atom is -0.339 e. The van der Waals surface area contributed by atoms with Crippen LogP contribution < -0.4 is 5.32 Å². The molecule has 2 aromatic rings. The molecule has 0 atom stereocenters. The Hall–Kier alpha value is -2.41. The fraction of sp³-hybridized carbons (Fsp3) is 0.294. The maximum absolute atomic E-state index is 13.6. The van der Waals surface area contributed by atoms with Gasteiger partial charge < -0.3 is 5.32 Å². The van der Waals surface area contributed by atoms with Gasteiger partial charge in [0.05, 0.1) is 5.56 Å². The number of nitriles is 1. The summed E-state index contributed by atoms with van der Waals surface area (Å²) in [4.78, 5) is 4.58. The van der Waals surface area contributed by atoms with Crippen LogP contribution in [0.25, 0.3) is 0 Å². The second kappa shape index (κ2) is 5.53. The number of aromatic nitrogens is 1. The van der Waals surface area contributed by atoms with Gasteiger partial charge in [-0.25, -0.2) is 9.37 Å². The number of hydrogen-bond acceptors (Lipinski definition) is 3. The molecular formula is C17H16FN3. The van der Waals surface area contributed by atoms with Gasteiger partial charge >= 0.3 is 0 Å². The fourth-order valence-corrected chi connectivity index (χ4v) is 2.62. The normalized spacial score (nSPS) is 13.4. The van der Waals surface area contributed by atoms with Gasteiger partial charge in [-0.1, -0.05) is 6.07 Å². The lowest BCUT2D eigenvalue weighted by atomic mass is 9.95. The zero-order chi connectivity index (χ0) is 14.8. The maximum Gasteiger partial charge on any atom is 0.148 e. The highest BCUT2D eigenvalue weighted by Gasteiger charge is 2.15. The van der Waals surface area contributed by atoms with Crippen molar-refractivity contribution in [2.45, 2.75) is 32.6 Å². The molecule has 3 nitrogen and oxygen atoms in total. The Bertz CT molecular complexity index is 732. The molecule has 1 heterocycles. The zero-order valence-corrected chi connectivity index (χ0v) is 11.9. The molecular weight excluding hydrogens is 265 g/mol.